The molecule has 0 aliphatic carbocycles. The number of fused-ring (bicyclic) bond motifs is 4. The third kappa shape index (κ3) is 6.64. The standard InChI is InChI=1S/C23H13BNO2.C13H24O2.Ir/c1-2-11-19-16(8-1)24-17-9-5-7-15(18-10-3-4-14-25-18)23(17)27-21-13-6-12-20(26-19)22(21)24;1-5-10(6-2)12(14)9-13(15)11(7-3)8-4;/h1-6,8-14H;9-11,14H,5-8H2,1-4H3;/q-1;;/b;12-9-;. The second-order valence-corrected chi connectivity index (χ2v) is 10.7. The molecule has 6 rings (SSSR count). The van der Waals surface area contributed by atoms with Crippen LogP contribution in [-0.2, 0) is 24.9 Å². The average molecular weight is 751 g/mol. The van der Waals surface area contributed by atoms with Gasteiger partial charge in [0.25, 0.3) is 0 Å². The molecule has 0 fully saturated rings. The van der Waals surface area contributed by atoms with Crippen LogP contribution in [0, 0.1) is 17.9 Å². The minimum Gasteiger partial charge on any atom is -0.512 e. The summed E-state index contributed by atoms with van der Waals surface area (Å²) in [4.78, 5) is 16.2. The van der Waals surface area contributed by atoms with Gasteiger partial charge in [-0.2, -0.15) is 0 Å². The predicted molar refractivity (Wildman–Crippen MR) is 170 cm³/mol. The van der Waals surface area contributed by atoms with E-state index in [-0.39, 0.29) is 50.2 Å². The Balaban J connectivity index is 0.000000230. The van der Waals surface area contributed by atoms with E-state index in [0.29, 0.717) is 0 Å². The summed E-state index contributed by atoms with van der Waals surface area (Å²) < 4.78 is 12.5. The number of carbonyl (C=O) groups is 1. The minimum absolute atomic E-state index is 0. The fraction of sp³-hybridized carbons (Fsp3) is 0.278. The van der Waals surface area contributed by atoms with E-state index >= 15 is 0 Å². The summed E-state index contributed by atoms with van der Waals surface area (Å²) in [5.74, 6) is 3.95. The zero-order valence-electron chi connectivity index (χ0n) is 25.1. The molecule has 1 radical (unpaired) electrons. The van der Waals surface area contributed by atoms with Gasteiger partial charge in [-0.05, 0) is 61.1 Å². The summed E-state index contributed by atoms with van der Waals surface area (Å²) in [5, 5.41) is 9.76. The van der Waals surface area contributed by atoms with Gasteiger partial charge in [-0.25, -0.2) is 0 Å². The Morgan fingerprint density at radius 1 is 0.837 bits per heavy atom. The molecule has 2 aliphatic rings. The van der Waals surface area contributed by atoms with Crippen molar-refractivity contribution in [3.8, 4) is 34.3 Å². The first-order valence-corrected chi connectivity index (χ1v) is 15.0. The third-order valence-corrected chi connectivity index (χ3v) is 8.27. The number of pyridine rings is 1. The Morgan fingerprint density at radius 2 is 1.49 bits per heavy atom. The van der Waals surface area contributed by atoms with Gasteiger partial charge in [0.2, 0.25) is 6.71 Å². The predicted octanol–water partition coefficient (Wildman–Crippen LogP) is 7.14. The Labute approximate surface area is 268 Å². The molecule has 0 unspecified atom stereocenters. The number of hydrogen-bond donors (Lipinski definition) is 1. The Hall–Kier alpha value is -3.67. The second-order valence-electron chi connectivity index (χ2n) is 10.7. The van der Waals surface area contributed by atoms with Crippen LogP contribution in [0.2, 0.25) is 0 Å². The molecular formula is C36H37BIrNO4-. The molecule has 4 aromatic rings. The Bertz CT molecular complexity index is 1580. The van der Waals surface area contributed by atoms with Crippen LogP contribution in [0.25, 0.3) is 11.3 Å². The van der Waals surface area contributed by atoms with Crippen molar-refractivity contribution in [3.63, 3.8) is 0 Å². The smallest absolute Gasteiger partial charge is 0.241 e. The maximum atomic E-state index is 11.7. The SMILES string of the molecule is CCC(CC)C(=O)/C=C(\O)C(CC)CC.[Ir].[c-]1ccc2c(c1-c1ccccn1)Oc1cccc3c1B2c1ccccc1O3. The van der Waals surface area contributed by atoms with E-state index in [1.165, 1.54) is 6.08 Å². The van der Waals surface area contributed by atoms with Gasteiger partial charge in [-0.1, -0.05) is 69.7 Å². The Kier molecular flexibility index (Phi) is 11.0. The van der Waals surface area contributed by atoms with E-state index < -0.39 is 0 Å². The fourth-order valence-corrected chi connectivity index (χ4v) is 5.82. The van der Waals surface area contributed by atoms with E-state index in [1.54, 1.807) is 6.20 Å². The van der Waals surface area contributed by atoms with E-state index in [1.807, 2.05) is 82.3 Å². The van der Waals surface area contributed by atoms with E-state index in [0.717, 1.165) is 76.3 Å². The van der Waals surface area contributed by atoms with Crippen LogP contribution >= 0.6 is 0 Å². The average Bonchev–Trinajstić information content (AvgIpc) is 3.02. The number of aliphatic hydroxyl groups excluding tert-OH is 1. The van der Waals surface area contributed by atoms with Gasteiger partial charge < -0.3 is 19.6 Å². The molecular weight excluding hydrogens is 713 g/mol. The second kappa shape index (κ2) is 14.7. The van der Waals surface area contributed by atoms with Crippen molar-refractivity contribution in [1.29, 1.82) is 0 Å². The summed E-state index contributed by atoms with van der Waals surface area (Å²) in [5.41, 5.74) is 5.09. The number of allylic oxidation sites excluding steroid dienone is 2. The zero-order chi connectivity index (χ0) is 29.6. The number of carbonyl (C=O) groups excluding carboxylic acids is 1. The zero-order valence-corrected chi connectivity index (χ0v) is 27.5. The molecule has 0 bridgehead atoms. The van der Waals surface area contributed by atoms with Gasteiger partial charge in [-0.3, -0.25) is 4.79 Å². The van der Waals surface area contributed by atoms with Crippen molar-refractivity contribution in [3.05, 3.63) is 96.9 Å². The number of rotatable bonds is 8. The van der Waals surface area contributed by atoms with Crippen molar-refractivity contribution >= 4 is 28.9 Å². The normalized spacial score (nSPS) is 12.5. The first-order valence-electron chi connectivity index (χ1n) is 15.0. The van der Waals surface area contributed by atoms with Gasteiger partial charge in [0.15, 0.2) is 5.78 Å². The van der Waals surface area contributed by atoms with Gasteiger partial charge in [0.1, 0.15) is 17.2 Å². The molecule has 43 heavy (non-hydrogen) atoms. The van der Waals surface area contributed by atoms with Crippen LogP contribution in [-0.4, -0.2) is 22.6 Å². The van der Waals surface area contributed by atoms with E-state index in [9.17, 15) is 9.90 Å². The number of para-hydroxylation sites is 1. The van der Waals surface area contributed by atoms with Gasteiger partial charge in [0.05, 0.1) is 5.76 Å². The molecule has 0 saturated carbocycles. The van der Waals surface area contributed by atoms with Crippen LogP contribution in [0.4, 0.5) is 0 Å². The number of ketones is 1. The summed E-state index contributed by atoms with van der Waals surface area (Å²) >= 11 is 0. The molecule has 7 heteroatoms. The minimum atomic E-state index is 0. The van der Waals surface area contributed by atoms with Crippen molar-refractivity contribution in [1.82, 2.24) is 4.98 Å². The molecule has 0 atom stereocenters. The van der Waals surface area contributed by atoms with Crippen LogP contribution in [0.3, 0.4) is 0 Å². The van der Waals surface area contributed by atoms with Crippen LogP contribution in [0.15, 0.2) is 90.8 Å². The number of aromatic nitrogens is 1. The van der Waals surface area contributed by atoms with Crippen molar-refractivity contribution in [2.75, 3.05) is 0 Å². The van der Waals surface area contributed by atoms with Crippen molar-refractivity contribution < 1.29 is 39.5 Å². The Morgan fingerprint density at radius 3 is 2.16 bits per heavy atom. The molecule has 0 amide bonds. The third-order valence-electron chi connectivity index (χ3n) is 8.27. The number of aliphatic hydroxyl groups is 1. The quantitative estimate of drug-likeness (QED) is 0.0776. The van der Waals surface area contributed by atoms with Crippen LogP contribution < -0.4 is 25.9 Å². The summed E-state index contributed by atoms with van der Waals surface area (Å²) in [7, 11) is 0. The molecule has 223 valence electrons. The molecule has 0 saturated heterocycles. The molecule has 0 spiro atoms. The summed E-state index contributed by atoms with van der Waals surface area (Å²) in [6.45, 7) is 8.14. The number of ether oxygens (including phenoxy) is 2. The molecule has 1 aromatic heterocycles. The number of hydrogen-bond acceptors (Lipinski definition) is 5. The molecule has 5 nitrogen and oxygen atoms in total. The monoisotopic (exact) mass is 751 g/mol. The first kappa shape index (κ1) is 32.3. The van der Waals surface area contributed by atoms with Crippen LogP contribution in [0.1, 0.15) is 53.4 Å². The summed E-state index contributed by atoms with van der Waals surface area (Å²) in [6, 6.07) is 27.4. The maximum absolute atomic E-state index is 11.7. The van der Waals surface area contributed by atoms with Gasteiger partial charge in [-0.15, -0.1) is 23.7 Å². The van der Waals surface area contributed by atoms with E-state index in [4.69, 9.17) is 9.47 Å². The fourth-order valence-electron chi connectivity index (χ4n) is 5.82. The maximum Gasteiger partial charge on any atom is 0.241 e. The van der Waals surface area contributed by atoms with Crippen molar-refractivity contribution in [2.24, 2.45) is 11.8 Å². The molecule has 2 aliphatic heterocycles. The molecule has 3 aromatic carbocycles. The topological polar surface area (TPSA) is 68.7 Å². The van der Waals surface area contributed by atoms with Crippen molar-refractivity contribution in [2.45, 2.75) is 53.4 Å². The largest absolute Gasteiger partial charge is 0.512 e. The van der Waals surface area contributed by atoms with Gasteiger partial charge >= 0.3 is 0 Å². The summed E-state index contributed by atoms with van der Waals surface area (Å²) in [6.07, 6.45) is 6.70. The number of nitrogens with zero attached hydrogens (tertiary/aromatic N) is 1. The van der Waals surface area contributed by atoms with Crippen LogP contribution in [0.5, 0.6) is 23.0 Å². The first-order chi connectivity index (χ1) is 20.5. The number of benzene rings is 3. The molecule has 3 heterocycles. The molecule has 1 N–H and O–H groups in total. The van der Waals surface area contributed by atoms with E-state index in [2.05, 4.69) is 29.2 Å². The van der Waals surface area contributed by atoms with Gasteiger partial charge in [0, 0.05) is 55.4 Å².